The number of hydrogen-bond donors (Lipinski definition) is 0. The maximum Gasteiger partial charge on any atom is 0.136 e. The lowest BCUT2D eigenvalue weighted by Gasteiger charge is -2.38. The molecule has 0 saturated heterocycles. The Morgan fingerprint density at radius 2 is 2.07 bits per heavy atom. The van der Waals surface area contributed by atoms with Crippen LogP contribution in [0.4, 0.5) is 0 Å². The average Bonchev–Trinajstić information content (AvgIpc) is 2.15. The van der Waals surface area contributed by atoms with Gasteiger partial charge in [0.05, 0.1) is 0 Å². The molecule has 3 atom stereocenters. The van der Waals surface area contributed by atoms with E-state index in [1.807, 2.05) is 6.08 Å². The zero-order chi connectivity index (χ0) is 11.6. The molecule has 0 radical (unpaired) electrons. The van der Waals surface area contributed by atoms with Gasteiger partial charge in [0.25, 0.3) is 0 Å². The van der Waals surface area contributed by atoms with Gasteiger partial charge in [-0.25, -0.2) is 0 Å². The van der Waals surface area contributed by atoms with Crippen LogP contribution < -0.4 is 0 Å². The van der Waals surface area contributed by atoms with Crippen LogP contribution in [0.25, 0.3) is 0 Å². The third kappa shape index (κ3) is 2.93. The van der Waals surface area contributed by atoms with E-state index in [0.717, 1.165) is 19.3 Å². The molecule has 0 amide bonds. The molecular formula is C14H24O. The van der Waals surface area contributed by atoms with Gasteiger partial charge in [-0.1, -0.05) is 33.8 Å². The van der Waals surface area contributed by atoms with Crippen molar-refractivity contribution in [1.82, 2.24) is 0 Å². The van der Waals surface area contributed by atoms with Gasteiger partial charge in [-0.05, 0) is 30.1 Å². The Hall–Kier alpha value is -0.590. The maximum absolute atomic E-state index is 11.8. The van der Waals surface area contributed by atoms with E-state index in [1.54, 1.807) is 0 Å². The van der Waals surface area contributed by atoms with Crippen molar-refractivity contribution in [2.45, 2.75) is 47.0 Å². The molecule has 0 N–H and O–H groups in total. The Bertz CT molecular complexity index is 247. The molecule has 0 aromatic carbocycles. The molecule has 0 spiro atoms. The van der Waals surface area contributed by atoms with E-state index in [2.05, 4.69) is 34.3 Å². The van der Waals surface area contributed by atoms with E-state index in [9.17, 15) is 4.79 Å². The second kappa shape index (κ2) is 4.51. The number of hydrogen-bond acceptors (Lipinski definition) is 1. The lowest BCUT2D eigenvalue weighted by atomic mass is 9.66. The van der Waals surface area contributed by atoms with Gasteiger partial charge < -0.3 is 0 Å². The first-order valence-corrected chi connectivity index (χ1v) is 6.01. The van der Waals surface area contributed by atoms with Gasteiger partial charge in [0.15, 0.2) is 0 Å². The fraction of sp³-hybridized carbons (Fsp3) is 0.786. The van der Waals surface area contributed by atoms with Crippen LogP contribution >= 0.6 is 0 Å². The summed E-state index contributed by atoms with van der Waals surface area (Å²) in [5.74, 6) is 1.69. The first kappa shape index (κ1) is 12.5. The first-order valence-electron chi connectivity index (χ1n) is 6.01. The van der Waals surface area contributed by atoms with E-state index in [4.69, 9.17) is 0 Å². The highest BCUT2D eigenvalue weighted by Gasteiger charge is 2.36. The van der Waals surface area contributed by atoms with Crippen LogP contribution in [0.1, 0.15) is 47.0 Å². The lowest BCUT2D eigenvalue weighted by molar-refractivity contribution is -0.127. The molecule has 3 unspecified atom stereocenters. The van der Waals surface area contributed by atoms with E-state index >= 15 is 0 Å². The maximum atomic E-state index is 11.8. The summed E-state index contributed by atoms with van der Waals surface area (Å²) in [6, 6.07) is 0. The molecule has 1 aliphatic rings. The van der Waals surface area contributed by atoms with Crippen molar-refractivity contribution in [2.75, 3.05) is 0 Å². The summed E-state index contributed by atoms with van der Waals surface area (Å²) in [6.45, 7) is 12.8. The minimum absolute atomic E-state index is 0.223. The van der Waals surface area contributed by atoms with Crippen LogP contribution in [0.2, 0.25) is 0 Å². The van der Waals surface area contributed by atoms with Crippen molar-refractivity contribution in [2.24, 2.45) is 23.2 Å². The fourth-order valence-electron chi connectivity index (χ4n) is 2.52. The first-order chi connectivity index (χ1) is 6.86. The van der Waals surface area contributed by atoms with Crippen LogP contribution in [-0.4, -0.2) is 5.78 Å². The highest BCUT2D eigenvalue weighted by Crippen LogP contribution is 2.41. The summed E-state index contributed by atoms with van der Waals surface area (Å²) in [5, 5.41) is 0. The monoisotopic (exact) mass is 208 g/mol. The fourth-order valence-corrected chi connectivity index (χ4v) is 2.52. The van der Waals surface area contributed by atoms with Crippen LogP contribution in [0.15, 0.2) is 12.7 Å². The minimum Gasteiger partial charge on any atom is -0.299 e. The van der Waals surface area contributed by atoms with Gasteiger partial charge in [-0.15, -0.1) is 6.58 Å². The highest BCUT2D eigenvalue weighted by atomic mass is 16.1. The number of carbonyl (C=O) groups excluding carboxylic acids is 1. The van der Waals surface area contributed by atoms with Gasteiger partial charge in [-0.2, -0.15) is 0 Å². The van der Waals surface area contributed by atoms with Gasteiger partial charge in [0.1, 0.15) is 5.78 Å². The summed E-state index contributed by atoms with van der Waals surface area (Å²) < 4.78 is 0. The summed E-state index contributed by atoms with van der Waals surface area (Å²) in [7, 11) is 0. The SMILES string of the molecule is C=CC(C)C1CC(C(C)(C)C)CCC1=O. The Balaban J connectivity index is 2.72. The molecule has 0 bridgehead atoms. The topological polar surface area (TPSA) is 17.1 Å². The van der Waals surface area contributed by atoms with Crippen molar-refractivity contribution >= 4 is 5.78 Å². The van der Waals surface area contributed by atoms with Gasteiger partial charge >= 0.3 is 0 Å². The van der Waals surface area contributed by atoms with Crippen LogP contribution in [0.5, 0.6) is 0 Å². The van der Waals surface area contributed by atoms with E-state index in [0.29, 0.717) is 23.0 Å². The van der Waals surface area contributed by atoms with Crippen LogP contribution in [-0.2, 0) is 4.79 Å². The molecule has 1 heteroatoms. The van der Waals surface area contributed by atoms with Gasteiger partial charge in [0.2, 0.25) is 0 Å². The second-order valence-electron chi connectivity index (χ2n) is 6.00. The average molecular weight is 208 g/mol. The third-order valence-electron chi connectivity index (χ3n) is 3.92. The molecule has 1 rings (SSSR count). The Morgan fingerprint density at radius 1 is 1.47 bits per heavy atom. The Morgan fingerprint density at radius 3 is 2.53 bits per heavy atom. The van der Waals surface area contributed by atoms with Crippen molar-refractivity contribution in [1.29, 1.82) is 0 Å². The molecule has 0 aliphatic heterocycles. The predicted molar refractivity (Wildman–Crippen MR) is 64.7 cm³/mol. The van der Waals surface area contributed by atoms with Gasteiger partial charge in [0, 0.05) is 12.3 Å². The van der Waals surface area contributed by atoms with Gasteiger partial charge in [-0.3, -0.25) is 4.79 Å². The van der Waals surface area contributed by atoms with Crippen molar-refractivity contribution in [3.63, 3.8) is 0 Å². The normalized spacial score (nSPS) is 30.0. The Kier molecular flexibility index (Phi) is 3.75. The largest absolute Gasteiger partial charge is 0.299 e. The molecule has 0 heterocycles. The Labute approximate surface area is 93.9 Å². The summed E-state index contributed by atoms with van der Waals surface area (Å²) >= 11 is 0. The smallest absolute Gasteiger partial charge is 0.136 e. The number of carbonyl (C=O) groups is 1. The van der Waals surface area contributed by atoms with Crippen molar-refractivity contribution < 1.29 is 4.79 Å². The molecule has 86 valence electrons. The molecule has 1 saturated carbocycles. The van der Waals surface area contributed by atoms with Crippen molar-refractivity contribution in [3.8, 4) is 0 Å². The molecular weight excluding hydrogens is 184 g/mol. The van der Waals surface area contributed by atoms with E-state index in [1.165, 1.54) is 0 Å². The molecule has 1 nitrogen and oxygen atoms in total. The van der Waals surface area contributed by atoms with Crippen LogP contribution in [0, 0.1) is 23.2 Å². The predicted octanol–water partition coefficient (Wildman–Crippen LogP) is 3.84. The highest BCUT2D eigenvalue weighted by molar-refractivity contribution is 5.82. The summed E-state index contributed by atoms with van der Waals surface area (Å²) in [4.78, 5) is 11.8. The number of ketones is 1. The minimum atomic E-state index is 0.223. The number of rotatable bonds is 2. The summed E-state index contributed by atoms with van der Waals surface area (Å²) in [6.07, 6.45) is 4.82. The van der Waals surface area contributed by atoms with E-state index < -0.39 is 0 Å². The number of allylic oxidation sites excluding steroid dienone is 1. The zero-order valence-corrected chi connectivity index (χ0v) is 10.5. The lowest BCUT2D eigenvalue weighted by Crippen LogP contribution is -2.34. The third-order valence-corrected chi connectivity index (χ3v) is 3.92. The molecule has 0 aromatic heterocycles. The van der Waals surface area contributed by atoms with E-state index in [-0.39, 0.29) is 5.92 Å². The molecule has 1 aliphatic carbocycles. The molecule has 15 heavy (non-hydrogen) atoms. The summed E-state index contributed by atoms with van der Waals surface area (Å²) in [5.41, 5.74) is 0.333. The number of Topliss-reactive ketones (excluding diaryl/α,β-unsaturated/α-hetero) is 1. The zero-order valence-electron chi connectivity index (χ0n) is 10.5. The molecule has 1 fully saturated rings. The quantitative estimate of drug-likeness (QED) is 0.630. The standard InChI is InChI=1S/C14H24O/c1-6-10(2)12-9-11(14(3,4)5)7-8-13(12)15/h6,10-12H,1,7-9H2,2-5H3. The second-order valence-corrected chi connectivity index (χ2v) is 6.00. The molecule has 0 aromatic rings. The van der Waals surface area contributed by atoms with Crippen LogP contribution in [0.3, 0.4) is 0 Å². The van der Waals surface area contributed by atoms with Crippen molar-refractivity contribution in [3.05, 3.63) is 12.7 Å².